The van der Waals surface area contributed by atoms with Gasteiger partial charge in [-0.2, -0.15) is 0 Å². The van der Waals surface area contributed by atoms with E-state index in [9.17, 15) is 14.0 Å². The van der Waals surface area contributed by atoms with Crippen LogP contribution in [0.1, 0.15) is 15.9 Å². The molecule has 2 N–H and O–H groups in total. The first-order valence-electron chi connectivity index (χ1n) is 5.93. The van der Waals surface area contributed by atoms with E-state index in [2.05, 4.69) is 11.9 Å². The van der Waals surface area contributed by atoms with Crippen molar-refractivity contribution in [2.75, 3.05) is 13.2 Å². The van der Waals surface area contributed by atoms with Crippen molar-refractivity contribution >= 4 is 11.9 Å². The number of carbonyl (C=O) groups excluding carboxylic acids is 1. The van der Waals surface area contributed by atoms with Crippen LogP contribution in [0, 0.1) is 12.7 Å². The highest BCUT2D eigenvalue weighted by atomic mass is 19.1. The lowest BCUT2D eigenvalue weighted by Crippen LogP contribution is -2.44. The second-order valence-electron chi connectivity index (χ2n) is 4.21. The van der Waals surface area contributed by atoms with Crippen molar-refractivity contribution in [3.8, 4) is 0 Å². The summed E-state index contributed by atoms with van der Waals surface area (Å²) in [5.74, 6) is -2.44. The van der Waals surface area contributed by atoms with Crippen molar-refractivity contribution in [1.29, 1.82) is 0 Å². The lowest BCUT2D eigenvalue weighted by Gasteiger charge is -2.14. The summed E-state index contributed by atoms with van der Waals surface area (Å²) >= 11 is 0. The Labute approximate surface area is 116 Å². The van der Waals surface area contributed by atoms with Crippen molar-refractivity contribution in [3.05, 3.63) is 47.8 Å². The molecule has 0 radical (unpaired) electrons. The second-order valence-corrected chi connectivity index (χ2v) is 4.21. The Balaban J connectivity index is 2.74. The number of nitrogens with one attached hydrogen (secondary N) is 1. The largest absolute Gasteiger partial charge is 0.480 e. The molecule has 0 saturated carbocycles. The number of hydrogen-bond donors (Lipinski definition) is 2. The number of carboxylic acids is 1. The van der Waals surface area contributed by atoms with Crippen LogP contribution in [-0.2, 0) is 9.53 Å². The molecule has 6 heteroatoms. The van der Waals surface area contributed by atoms with Crippen LogP contribution in [0.25, 0.3) is 0 Å². The summed E-state index contributed by atoms with van der Waals surface area (Å²) in [5, 5.41) is 11.3. The molecule has 0 aromatic heterocycles. The Kier molecular flexibility index (Phi) is 5.86. The Morgan fingerprint density at radius 1 is 1.50 bits per heavy atom. The van der Waals surface area contributed by atoms with Crippen molar-refractivity contribution in [3.63, 3.8) is 0 Å². The van der Waals surface area contributed by atoms with Crippen LogP contribution < -0.4 is 5.32 Å². The van der Waals surface area contributed by atoms with Gasteiger partial charge in [-0.3, -0.25) is 4.79 Å². The van der Waals surface area contributed by atoms with Crippen molar-refractivity contribution in [2.24, 2.45) is 0 Å². The number of halogens is 1. The van der Waals surface area contributed by atoms with E-state index in [-0.39, 0.29) is 18.8 Å². The van der Waals surface area contributed by atoms with Gasteiger partial charge in [0.25, 0.3) is 5.91 Å². The Morgan fingerprint density at radius 2 is 2.20 bits per heavy atom. The van der Waals surface area contributed by atoms with Crippen LogP contribution in [0.2, 0.25) is 0 Å². The fraction of sp³-hybridized carbons (Fsp3) is 0.286. The van der Waals surface area contributed by atoms with Gasteiger partial charge < -0.3 is 15.2 Å². The van der Waals surface area contributed by atoms with Gasteiger partial charge in [0, 0.05) is 5.56 Å². The molecule has 1 amide bonds. The highest BCUT2D eigenvalue weighted by Crippen LogP contribution is 2.08. The van der Waals surface area contributed by atoms with E-state index in [1.807, 2.05) is 0 Å². The van der Waals surface area contributed by atoms with E-state index >= 15 is 0 Å². The molecule has 5 nitrogen and oxygen atoms in total. The highest BCUT2D eigenvalue weighted by Gasteiger charge is 2.21. The van der Waals surface area contributed by atoms with Gasteiger partial charge in [-0.25, -0.2) is 9.18 Å². The van der Waals surface area contributed by atoms with Gasteiger partial charge >= 0.3 is 5.97 Å². The molecule has 0 aliphatic carbocycles. The lowest BCUT2D eigenvalue weighted by molar-refractivity contribution is -0.140. The fourth-order valence-electron chi connectivity index (χ4n) is 1.55. The minimum Gasteiger partial charge on any atom is -0.480 e. The summed E-state index contributed by atoms with van der Waals surface area (Å²) in [6.07, 6.45) is 1.47. The molecule has 0 spiro atoms. The van der Waals surface area contributed by atoms with Gasteiger partial charge in [0.05, 0.1) is 13.2 Å². The van der Waals surface area contributed by atoms with E-state index in [4.69, 9.17) is 9.84 Å². The van der Waals surface area contributed by atoms with Gasteiger partial charge in [-0.15, -0.1) is 6.58 Å². The molecule has 1 unspecified atom stereocenters. The molecule has 1 atom stereocenters. The lowest BCUT2D eigenvalue weighted by atomic mass is 10.1. The van der Waals surface area contributed by atoms with E-state index in [0.717, 1.165) is 6.07 Å². The molecule has 1 aromatic rings. The quantitative estimate of drug-likeness (QED) is 0.587. The molecule has 20 heavy (non-hydrogen) atoms. The number of carboxylic acid groups (broad SMARTS) is 1. The molecular weight excluding hydrogens is 265 g/mol. The average Bonchev–Trinajstić information content (AvgIpc) is 2.36. The molecule has 1 aromatic carbocycles. The highest BCUT2D eigenvalue weighted by molar-refractivity contribution is 5.96. The van der Waals surface area contributed by atoms with Gasteiger partial charge in [0.1, 0.15) is 5.82 Å². The van der Waals surface area contributed by atoms with Gasteiger partial charge in [-0.1, -0.05) is 6.08 Å². The zero-order valence-corrected chi connectivity index (χ0v) is 11.1. The number of aliphatic carboxylic acids is 1. The standard InChI is InChI=1S/C14H16FNO4/c1-3-4-20-8-12(14(18)19)16-13(17)10-5-9(2)6-11(15)7-10/h3,5-7,12H,1,4,8H2,2H3,(H,16,17)(H,18,19). The fourth-order valence-corrected chi connectivity index (χ4v) is 1.55. The summed E-state index contributed by atoms with van der Waals surface area (Å²) in [5.41, 5.74) is 0.641. The van der Waals surface area contributed by atoms with Crippen LogP contribution in [0.5, 0.6) is 0 Å². The Bertz CT molecular complexity index is 496. The van der Waals surface area contributed by atoms with E-state index in [1.54, 1.807) is 6.92 Å². The topological polar surface area (TPSA) is 75.6 Å². The summed E-state index contributed by atoms with van der Waals surface area (Å²) in [4.78, 5) is 22.9. The zero-order chi connectivity index (χ0) is 15.1. The molecule has 0 saturated heterocycles. The maximum Gasteiger partial charge on any atom is 0.328 e. The summed E-state index contributed by atoms with van der Waals surface area (Å²) in [6, 6.07) is 2.60. The van der Waals surface area contributed by atoms with Crippen molar-refractivity contribution < 1.29 is 23.8 Å². The maximum atomic E-state index is 13.2. The molecular formula is C14H16FNO4. The number of hydrogen-bond acceptors (Lipinski definition) is 3. The van der Waals surface area contributed by atoms with E-state index < -0.39 is 23.7 Å². The number of carbonyl (C=O) groups is 2. The first kappa shape index (κ1) is 15.8. The number of amides is 1. The van der Waals surface area contributed by atoms with Crippen LogP contribution in [0.3, 0.4) is 0 Å². The van der Waals surface area contributed by atoms with Crippen LogP contribution >= 0.6 is 0 Å². The van der Waals surface area contributed by atoms with Crippen LogP contribution in [0.4, 0.5) is 4.39 Å². The number of ether oxygens (including phenoxy) is 1. The van der Waals surface area contributed by atoms with Crippen LogP contribution in [0.15, 0.2) is 30.9 Å². The Hall–Kier alpha value is -2.21. The Morgan fingerprint density at radius 3 is 2.75 bits per heavy atom. The van der Waals surface area contributed by atoms with Gasteiger partial charge in [-0.05, 0) is 30.7 Å². The van der Waals surface area contributed by atoms with Crippen LogP contribution in [-0.4, -0.2) is 36.2 Å². The molecule has 1 rings (SSSR count). The molecule has 0 aliphatic heterocycles. The van der Waals surface area contributed by atoms with Gasteiger partial charge in [0.15, 0.2) is 6.04 Å². The van der Waals surface area contributed by atoms with E-state index in [0.29, 0.717) is 5.56 Å². The summed E-state index contributed by atoms with van der Waals surface area (Å²) in [6.45, 7) is 5.06. The summed E-state index contributed by atoms with van der Waals surface area (Å²) in [7, 11) is 0. The SMILES string of the molecule is C=CCOCC(NC(=O)c1cc(C)cc(F)c1)C(=O)O. The maximum absolute atomic E-state index is 13.2. The molecule has 0 bridgehead atoms. The predicted octanol–water partition coefficient (Wildman–Crippen LogP) is 1.52. The summed E-state index contributed by atoms with van der Waals surface area (Å²) < 4.78 is 18.2. The smallest absolute Gasteiger partial charge is 0.328 e. The molecule has 0 aliphatic rings. The number of aryl methyl sites for hydroxylation is 1. The van der Waals surface area contributed by atoms with Crippen molar-refractivity contribution in [1.82, 2.24) is 5.32 Å². The average molecular weight is 281 g/mol. The third-order valence-corrected chi connectivity index (χ3v) is 2.43. The normalized spacial score (nSPS) is 11.7. The first-order chi connectivity index (χ1) is 9.43. The third kappa shape index (κ3) is 4.81. The third-order valence-electron chi connectivity index (χ3n) is 2.43. The first-order valence-corrected chi connectivity index (χ1v) is 5.93. The predicted molar refractivity (Wildman–Crippen MR) is 71.0 cm³/mol. The molecule has 0 fully saturated rings. The van der Waals surface area contributed by atoms with Gasteiger partial charge in [0.2, 0.25) is 0 Å². The second kappa shape index (κ2) is 7.40. The minimum atomic E-state index is -1.23. The minimum absolute atomic E-state index is 0.0671. The van der Waals surface area contributed by atoms with Crippen molar-refractivity contribution in [2.45, 2.75) is 13.0 Å². The molecule has 108 valence electrons. The van der Waals surface area contributed by atoms with E-state index in [1.165, 1.54) is 18.2 Å². The zero-order valence-electron chi connectivity index (χ0n) is 11.1. The number of benzene rings is 1. The monoisotopic (exact) mass is 281 g/mol. The molecule has 0 heterocycles. The number of rotatable bonds is 7.